The molecule has 0 unspecified atom stereocenters. The molecule has 1 N–H and O–H groups in total. The van der Waals surface area contributed by atoms with Crippen LogP contribution in [0.3, 0.4) is 0 Å². The molecule has 0 aliphatic carbocycles. The smallest absolute Gasteiger partial charge is 0.270 e. The van der Waals surface area contributed by atoms with Gasteiger partial charge in [-0.25, -0.2) is 22.0 Å². The van der Waals surface area contributed by atoms with E-state index in [2.05, 4.69) is 21.2 Å². The molecule has 0 radical (unpaired) electrons. The summed E-state index contributed by atoms with van der Waals surface area (Å²) in [7, 11) is 0. The van der Waals surface area contributed by atoms with E-state index in [0.717, 1.165) is 66.6 Å². The predicted octanol–water partition coefficient (Wildman–Crippen LogP) is 9.22. The Morgan fingerprint density at radius 3 is 1.22 bits per heavy atom. The SMILES string of the molecule is Fc1ccc(C(c2ccc(F)cc2)N2CCNCC2)cc1.N#Cc1cc([N+](=O)[O-])ccc1F.N#Cc1cc([N+](=O)[O-])ccc1N1CCN(C(c2ccc(F)cc2)c2ccc(F)cc2)CC1. The topological polar surface area (TPSA) is 156 Å². The summed E-state index contributed by atoms with van der Waals surface area (Å²) < 4.78 is 65.9. The van der Waals surface area contributed by atoms with Crippen molar-refractivity contribution in [1.29, 1.82) is 10.5 Å². The van der Waals surface area contributed by atoms with E-state index in [9.17, 15) is 47.4 Å². The molecule has 12 nitrogen and oxygen atoms in total. The van der Waals surface area contributed by atoms with E-state index in [1.807, 2.05) is 29.2 Å². The van der Waals surface area contributed by atoms with Gasteiger partial charge < -0.3 is 10.2 Å². The Kier molecular flexibility index (Phi) is 16.0. The van der Waals surface area contributed by atoms with Crippen molar-refractivity contribution in [1.82, 2.24) is 15.1 Å². The minimum Gasteiger partial charge on any atom is -0.368 e. The van der Waals surface area contributed by atoms with Gasteiger partial charge in [0.2, 0.25) is 0 Å². The van der Waals surface area contributed by atoms with Gasteiger partial charge in [-0.1, -0.05) is 48.5 Å². The number of piperazine rings is 2. The van der Waals surface area contributed by atoms with Crippen LogP contribution in [0.4, 0.5) is 39.0 Å². The number of non-ortho nitro benzene ring substituents is 2. The molecule has 0 bridgehead atoms. The standard InChI is InChI=1S/C24H20F2N4O2.C17H18F2N2.C7H3FN2O2/c25-20-5-1-17(2-6-20)24(18-3-7-21(26)8-4-18)29-13-11-28(12-14-29)23-10-9-22(30(31)32)15-19(23)16-27;18-15-5-1-13(2-6-15)17(21-11-9-20-10-12-21)14-3-7-16(19)8-4-14;8-7-2-1-6(10(11)12)3-5(7)4-9/h1-10,15,24H,11-14H2;1-8,17,20H,9-12H2;1-3H. The van der Waals surface area contributed by atoms with Crippen LogP contribution in [0.15, 0.2) is 133 Å². The van der Waals surface area contributed by atoms with E-state index in [1.165, 1.54) is 66.7 Å². The van der Waals surface area contributed by atoms with Crippen molar-refractivity contribution in [2.45, 2.75) is 12.1 Å². The number of hydrogen-bond acceptors (Lipinski definition) is 10. The number of halogens is 5. The maximum absolute atomic E-state index is 13.5. The predicted molar refractivity (Wildman–Crippen MR) is 233 cm³/mol. The zero-order chi connectivity index (χ0) is 46.5. The summed E-state index contributed by atoms with van der Waals surface area (Å²) in [6.07, 6.45) is 0. The van der Waals surface area contributed by atoms with Crippen molar-refractivity contribution in [2.75, 3.05) is 57.3 Å². The maximum Gasteiger partial charge on any atom is 0.270 e. The third kappa shape index (κ3) is 12.3. The zero-order valence-electron chi connectivity index (χ0n) is 34.7. The molecule has 6 aromatic rings. The second kappa shape index (κ2) is 22.2. The lowest BCUT2D eigenvalue weighted by Gasteiger charge is -2.41. The van der Waals surface area contributed by atoms with Crippen LogP contribution < -0.4 is 10.2 Å². The van der Waals surface area contributed by atoms with Crippen LogP contribution in [0.5, 0.6) is 0 Å². The van der Waals surface area contributed by atoms with Crippen molar-refractivity contribution in [3.8, 4) is 12.1 Å². The highest BCUT2D eigenvalue weighted by Gasteiger charge is 2.28. The summed E-state index contributed by atoms with van der Waals surface area (Å²) in [6.45, 7) is 6.18. The monoisotopic (exact) mass is 888 g/mol. The number of nitrogens with one attached hydrogen (secondary N) is 1. The minimum atomic E-state index is -0.747. The Hall–Kier alpha value is -7.57. The molecule has 2 heterocycles. The molecule has 8 rings (SSSR count). The Morgan fingerprint density at radius 2 is 0.846 bits per heavy atom. The van der Waals surface area contributed by atoms with Gasteiger partial charge in [0.05, 0.1) is 38.7 Å². The first-order chi connectivity index (χ1) is 31.3. The average molecular weight is 889 g/mol. The number of nitrogens with zero attached hydrogens (tertiary/aromatic N) is 7. The zero-order valence-corrected chi connectivity index (χ0v) is 34.7. The van der Waals surface area contributed by atoms with Crippen LogP contribution in [-0.4, -0.2) is 72.0 Å². The lowest BCUT2D eigenvalue weighted by Crippen LogP contribution is -2.48. The highest BCUT2D eigenvalue weighted by atomic mass is 19.1. The Morgan fingerprint density at radius 1 is 0.492 bits per heavy atom. The van der Waals surface area contributed by atoms with E-state index < -0.39 is 15.7 Å². The normalized spacial score (nSPS) is 14.0. The van der Waals surface area contributed by atoms with Gasteiger partial charge in [-0.05, 0) is 82.9 Å². The number of nitro groups is 2. The van der Waals surface area contributed by atoms with Gasteiger partial charge in [-0.15, -0.1) is 0 Å². The molecule has 2 fully saturated rings. The van der Waals surface area contributed by atoms with E-state index >= 15 is 0 Å². The first-order valence-corrected chi connectivity index (χ1v) is 20.3. The molecule has 0 aromatic heterocycles. The van der Waals surface area contributed by atoms with E-state index in [-0.39, 0.29) is 57.9 Å². The van der Waals surface area contributed by atoms with Crippen LogP contribution in [0.1, 0.15) is 45.5 Å². The van der Waals surface area contributed by atoms with Gasteiger partial charge >= 0.3 is 0 Å². The summed E-state index contributed by atoms with van der Waals surface area (Å²) in [5.41, 5.74) is 4.08. The molecule has 2 aliphatic rings. The molecular formula is C48H41F5N8O4. The number of nitro benzene ring substituents is 2. The summed E-state index contributed by atoms with van der Waals surface area (Å²) >= 11 is 0. The van der Waals surface area contributed by atoms with Crippen molar-refractivity contribution < 1.29 is 31.8 Å². The molecule has 0 amide bonds. The van der Waals surface area contributed by atoms with E-state index in [0.29, 0.717) is 31.9 Å². The van der Waals surface area contributed by atoms with Crippen LogP contribution in [0.2, 0.25) is 0 Å². The van der Waals surface area contributed by atoms with Gasteiger partial charge in [0, 0.05) is 76.6 Å². The largest absolute Gasteiger partial charge is 0.368 e. The quantitative estimate of drug-likeness (QED) is 0.0844. The number of nitriles is 2. The fourth-order valence-electron chi connectivity index (χ4n) is 7.69. The van der Waals surface area contributed by atoms with Gasteiger partial charge in [0.1, 0.15) is 41.2 Å². The summed E-state index contributed by atoms with van der Waals surface area (Å²) in [5.74, 6) is -1.87. The maximum atomic E-state index is 13.5. The van der Waals surface area contributed by atoms with Crippen molar-refractivity contribution in [3.63, 3.8) is 0 Å². The van der Waals surface area contributed by atoms with Gasteiger partial charge in [0.25, 0.3) is 11.4 Å². The summed E-state index contributed by atoms with van der Waals surface area (Å²) in [4.78, 5) is 26.6. The second-order valence-corrected chi connectivity index (χ2v) is 14.9. The lowest BCUT2D eigenvalue weighted by atomic mass is 9.96. The molecule has 2 saturated heterocycles. The van der Waals surface area contributed by atoms with E-state index in [1.54, 1.807) is 30.3 Å². The number of anilines is 1. The number of benzene rings is 6. The molecule has 17 heteroatoms. The Balaban J connectivity index is 0.000000181. The average Bonchev–Trinajstić information content (AvgIpc) is 3.32. The first kappa shape index (κ1) is 46.9. The molecule has 2 aliphatic heterocycles. The molecule has 65 heavy (non-hydrogen) atoms. The molecule has 6 aromatic carbocycles. The second-order valence-electron chi connectivity index (χ2n) is 14.9. The van der Waals surface area contributed by atoms with Crippen LogP contribution in [0.25, 0.3) is 0 Å². The summed E-state index contributed by atoms with van der Waals surface area (Å²) in [5, 5.41) is 42.3. The van der Waals surface area contributed by atoms with E-state index in [4.69, 9.17) is 5.26 Å². The third-order valence-electron chi connectivity index (χ3n) is 10.9. The fraction of sp³-hybridized carbons (Fsp3) is 0.208. The van der Waals surface area contributed by atoms with Crippen molar-refractivity contribution >= 4 is 17.1 Å². The van der Waals surface area contributed by atoms with Crippen molar-refractivity contribution in [3.05, 3.63) is 216 Å². The Bertz CT molecular complexity index is 2560. The van der Waals surface area contributed by atoms with Gasteiger partial charge in [0.15, 0.2) is 0 Å². The third-order valence-corrected chi connectivity index (χ3v) is 10.9. The molecular weight excluding hydrogens is 848 g/mol. The van der Waals surface area contributed by atoms with Crippen molar-refractivity contribution in [2.24, 2.45) is 0 Å². The Labute approximate surface area is 371 Å². The lowest BCUT2D eigenvalue weighted by molar-refractivity contribution is -0.385. The molecule has 0 saturated carbocycles. The molecule has 0 spiro atoms. The fourth-order valence-corrected chi connectivity index (χ4v) is 7.69. The highest BCUT2D eigenvalue weighted by Crippen LogP contribution is 2.33. The highest BCUT2D eigenvalue weighted by molar-refractivity contribution is 5.63. The van der Waals surface area contributed by atoms with Crippen LogP contribution in [-0.2, 0) is 0 Å². The summed E-state index contributed by atoms with van der Waals surface area (Å²) in [6, 6.07) is 36.3. The minimum absolute atomic E-state index is 0.0355. The first-order valence-electron chi connectivity index (χ1n) is 20.3. The van der Waals surface area contributed by atoms with Gasteiger partial charge in [-0.3, -0.25) is 30.0 Å². The molecule has 0 atom stereocenters. The molecule has 332 valence electrons. The van der Waals surface area contributed by atoms with Crippen LogP contribution >= 0.6 is 0 Å². The van der Waals surface area contributed by atoms with Gasteiger partial charge in [-0.2, -0.15) is 10.5 Å². The van der Waals surface area contributed by atoms with Crippen LogP contribution in [0, 0.1) is 72.0 Å². The number of hydrogen-bond donors (Lipinski definition) is 1. The number of rotatable bonds is 9.